The summed E-state index contributed by atoms with van der Waals surface area (Å²) in [5.41, 5.74) is 6.59. The Hall–Kier alpha value is -1.36. The summed E-state index contributed by atoms with van der Waals surface area (Å²) in [6.07, 6.45) is 5.37. The summed E-state index contributed by atoms with van der Waals surface area (Å²) >= 11 is 0. The zero-order valence-electron chi connectivity index (χ0n) is 9.81. The highest BCUT2D eigenvalue weighted by atomic mass is 16.2. The molecule has 1 aromatic heterocycles. The average molecular weight is 222 g/mol. The van der Waals surface area contributed by atoms with E-state index in [-0.39, 0.29) is 11.4 Å². The summed E-state index contributed by atoms with van der Waals surface area (Å²) in [7, 11) is 1.80. The molecule has 1 aliphatic rings. The van der Waals surface area contributed by atoms with Gasteiger partial charge in [0.2, 0.25) is 0 Å². The fourth-order valence-corrected chi connectivity index (χ4v) is 2.23. The number of hydrogen-bond donors (Lipinski definition) is 1. The predicted molar refractivity (Wildman–Crippen MR) is 60.9 cm³/mol. The lowest BCUT2D eigenvalue weighted by Crippen LogP contribution is -2.68. The standard InChI is InChI=1S/C11H18N4O/c1-3-4-11(12)7-15(8-11)10(16)9-5-13-14(2)6-9/h5-6H,3-4,7-8,12H2,1-2H3. The number of aromatic nitrogens is 2. The van der Waals surface area contributed by atoms with Gasteiger partial charge in [0.05, 0.1) is 17.3 Å². The summed E-state index contributed by atoms with van der Waals surface area (Å²) in [6.45, 7) is 3.43. The first-order valence-corrected chi connectivity index (χ1v) is 5.61. The number of amides is 1. The van der Waals surface area contributed by atoms with Crippen LogP contribution in [0.15, 0.2) is 12.4 Å². The molecule has 0 bridgehead atoms. The molecule has 0 atom stereocenters. The lowest BCUT2D eigenvalue weighted by atomic mass is 9.86. The fraction of sp³-hybridized carbons (Fsp3) is 0.636. The molecule has 1 aliphatic heterocycles. The van der Waals surface area contributed by atoms with Crippen molar-refractivity contribution in [3.8, 4) is 0 Å². The third-order valence-electron chi connectivity index (χ3n) is 3.00. The Kier molecular flexibility index (Phi) is 2.71. The van der Waals surface area contributed by atoms with Crippen LogP contribution in [0.5, 0.6) is 0 Å². The Morgan fingerprint density at radius 2 is 2.31 bits per heavy atom. The maximum atomic E-state index is 11.9. The van der Waals surface area contributed by atoms with E-state index >= 15 is 0 Å². The zero-order chi connectivity index (χ0) is 11.8. The maximum Gasteiger partial charge on any atom is 0.257 e. The molecule has 1 amide bonds. The normalized spacial score (nSPS) is 18.3. The van der Waals surface area contributed by atoms with Crippen LogP contribution in [0.1, 0.15) is 30.1 Å². The van der Waals surface area contributed by atoms with Gasteiger partial charge >= 0.3 is 0 Å². The van der Waals surface area contributed by atoms with Gasteiger partial charge in [0, 0.05) is 26.3 Å². The molecule has 1 fully saturated rings. The minimum Gasteiger partial charge on any atom is -0.335 e. The quantitative estimate of drug-likeness (QED) is 0.803. The van der Waals surface area contributed by atoms with Gasteiger partial charge in [0.1, 0.15) is 0 Å². The van der Waals surface area contributed by atoms with Gasteiger partial charge in [-0.1, -0.05) is 13.3 Å². The van der Waals surface area contributed by atoms with Gasteiger partial charge in [0.25, 0.3) is 5.91 Å². The van der Waals surface area contributed by atoms with Crippen molar-refractivity contribution in [3.05, 3.63) is 18.0 Å². The van der Waals surface area contributed by atoms with E-state index < -0.39 is 0 Å². The van der Waals surface area contributed by atoms with Crippen LogP contribution >= 0.6 is 0 Å². The fourth-order valence-electron chi connectivity index (χ4n) is 2.23. The van der Waals surface area contributed by atoms with Crippen LogP contribution in [0.3, 0.4) is 0 Å². The van der Waals surface area contributed by atoms with Crippen LogP contribution in [-0.4, -0.2) is 39.2 Å². The first kappa shape index (κ1) is 11.1. The molecule has 2 heterocycles. The van der Waals surface area contributed by atoms with Crippen molar-refractivity contribution in [2.45, 2.75) is 25.3 Å². The van der Waals surface area contributed by atoms with Crippen molar-refractivity contribution in [2.24, 2.45) is 12.8 Å². The van der Waals surface area contributed by atoms with Crippen molar-refractivity contribution in [1.82, 2.24) is 14.7 Å². The van der Waals surface area contributed by atoms with E-state index in [1.54, 1.807) is 29.0 Å². The van der Waals surface area contributed by atoms with Crippen molar-refractivity contribution >= 4 is 5.91 Å². The highest BCUT2D eigenvalue weighted by Gasteiger charge is 2.41. The van der Waals surface area contributed by atoms with Gasteiger partial charge in [-0.2, -0.15) is 5.10 Å². The highest BCUT2D eigenvalue weighted by molar-refractivity contribution is 5.94. The summed E-state index contributed by atoms with van der Waals surface area (Å²) in [5.74, 6) is 0.0327. The molecule has 0 aliphatic carbocycles. The second-order valence-corrected chi connectivity index (χ2v) is 4.68. The molecule has 2 rings (SSSR count). The highest BCUT2D eigenvalue weighted by Crippen LogP contribution is 2.24. The number of aryl methyl sites for hydroxylation is 1. The van der Waals surface area contributed by atoms with Crippen molar-refractivity contribution in [3.63, 3.8) is 0 Å². The van der Waals surface area contributed by atoms with E-state index in [1.165, 1.54) is 0 Å². The van der Waals surface area contributed by atoms with Gasteiger partial charge in [-0.25, -0.2) is 0 Å². The Labute approximate surface area is 95.2 Å². The summed E-state index contributed by atoms with van der Waals surface area (Å²) < 4.78 is 1.63. The van der Waals surface area contributed by atoms with E-state index in [0.29, 0.717) is 18.7 Å². The van der Waals surface area contributed by atoms with Crippen LogP contribution in [0.4, 0.5) is 0 Å². The van der Waals surface area contributed by atoms with Gasteiger partial charge in [-0.15, -0.1) is 0 Å². The molecule has 1 saturated heterocycles. The molecule has 5 nitrogen and oxygen atoms in total. The molecule has 0 aromatic carbocycles. The zero-order valence-corrected chi connectivity index (χ0v) is 9.81. The van der Waals surface area contributed by atoms with Gasteiger partial charge < -0.3 is 10.6 Å². The molecular weight excluding hydrogens is 204 g/mol. The molecule has 88 valence electrons. The SMILES string of the molecule is CCCC1(N)CN(C(=O)c2cnn(C)c2)C1. The molecule has 0 saturated carbocycles. The van der Waals surface area contributed by atoms with E-state index in [9.17, 15) is 4.79 Å². The van der Waals surface area contributed by atoms with Crippen LogP contribution in [0.25, 0.3) is 0 Å². The van der Waals surface area contributed by atoms with Crippen molar-refractivity contribution in [1.29, 1.82) is 0 Å². The number of rotatable bonds is 3. The topological polar surface area (TPSA) is 64.2 Å². The average Bonchev–Trinajstić information content (AvgIpc) is 2.60. The first-order chi connectivity index (χ1) is 7.54. The summed E-state index contributed by atoms with van der Waals surface area (Å²) in [4.78, 5) is 13.7. The van der Waals surface area contributed by atoms with Crippen LogP contribution in [0.2, 0.25) is 0 Å². The largest absolute Gasteiger partial charge is 0.335 e. The van der Waals surface area contributed by atoms with Crippen LogP contribution in [-0.2, 0) is 7.05 Å². The monoisotopic (exact) mass is 222 g/mol. The molecule has 2 N–H and O–H groups in total. The lowest BCUT2D eigenvalue weighted by molar-refractivity contribution is 0.0386. The second kappa shape index (κ2) is 3.90. The van der Waals surface area contributed by atoms with E-state index in [2.05, 4.69) is 12.0 Å². The summed E-state index contributed by atoms with van der Waals surface area (Å²) in [5, 5.41) is 3.99. The van der Waals surface area contributed by atoms with Crippen LogP contribution < -0.4 is 5.73 Å². The molecule has 0 unspecified atom stereocenters. The minimum absolute atomic E-state index is 0.0327. The second-order valence-electron chi connectivity index (χ2n) is 4.68. The maximum absolute atomic E-state index is 11.9. The third kappa shape index (κ3) is 1.95. The Balaban J connectivity index is 1.95. The molecule has 1 aromatic rings. The molecule has 0 radical (unpaired) electrons. The van der Waals surface area contributed by atoms with E-state index in [0.717, 1.165) is 12.8 Å². The molecule has 16 heavy (non-hydrogen) atoms. The van der Waals surface area contributed by atoms with Gasteiger partial charge in [-0.3, -0.25) is 9.48 Å². The predicted octanol–water partition coefficient (Wildman–Crippen LogP) is 0.373. The van der Waals surface area contributed by atoms with Crippen LogP contribution in [0, 0.1) is 0 Å². The smallest absolute Gasteiger partial charge is 0.257 e. The first-order valence-electron chi connectivity index (χ1n) is 5.61. The van der Waals surface area contributed by atoms with Gasteiger partial charge in [0.15, 0.2) is 0 Å². The van der Waals surface area contributed by atoms with Gasteiger partial charge in [-0.05, 0) is 6.42 Å². The van der Waals surface area contributed by atoms with Crippen molar-refractivity contribution < 1.29 is 4.79 Å². The minimum atomic E-state index is -0.160. The number of nitrogens with two attached hydrogens (primary N) is 1. The summed E-state index contributed by atoms with van der Waals surface area (Å²) in [6, 6.07) is 0. The third-order valence-corrected chi connectivity index (χ3v) is 3.00. The van der Waals surface area contributed by atoms with E-state index in [1.807, 2.05) is 0 Å². The Bertz CT molecular complexity index is 392. The van der Waals surface area contributed by atoms with Crippen molar-refractivity contribution in [2.75, 3.05) is 13.1 Å². The lowest BCUT2D eigenvalue weighted by Gasteiger charge is -2.47. The Morgan fingerprint density at radius 1 is 1.62 bits per heavy atom. The molecule has 5 heteroatoms. The Morgan fingerprint density at radius 3 is 2.81 bits per heavy atom. The van der Waals surface area contributed by atoms with E-state index in [4.69, 9.17) is 5.73 Å². The number of hydrogen-bond acceptors (Lipinski definition) is 3. The molecule has 0 spiro atoms. The number of nitrogens with zero attached hydrogens (tertiary/aromatic N) is 3. The number of carbonyl (C=O) groups is 1. The molecular formula is C11H18N4O. The number of likely N-dealkylation sites (tertiary alicyclic amines) is 1. The number of carbonyl (C=O) groups excluding carboxylic acids is 1.